The van der Waals surface area contributed by atoms with Gasteiger partial charge >= 0.3 is 0 Å². The zero-order valence-corrected chi connectivity index (χ0v) is 43.8. The number of benzene rings is 8. The molecule has 0 radical (unpaired) electrons. The van der Waals surface area contributed by atoms with Crippen molar-refractivity contribution in [1.29, 1.82) is 0 Å². The predicted molar refractivity (Wildman–Crippen MR) is 309 cm³/mol. The second-order valence-electron chi connectivity index (χ2n) is 23.5. The number of hydrogen-bond donors (Lipinski definition) is 1. The summed E-state index contributed by atoms with van der Waals surface area (Å²) in [6.45, 7) is 21.9. The summed E-state index contributed by atoms with van der Waals surface area (Å²) < 4.78 is 5.31. The maximum Gasteiger partial charge on any atom is 0.198 e. The van der Waals surface area contributed by atoms with Crippen molar-refractivity contribution in [2.75, 3.05) is 10.2 Å². The van der Waals surface area contributed by atoms with Crippen molar-refractivity contribution in [2.45, 2.75) is 110 Å². The van der Waals surface area contributed by atoms with Gasteiger partial charge in [0.05, 0.1) is 0 Å². The van der Waals surface area contributed by atoms with Gasteiger partial charge in [0.25, 0.3) is 0 Å². The van der Waals surface area contributed by atoms with Crippen molar-refractivity contribution in [1.82, 2.24) is 0 Å². The molecule has 2 aliphatic carbocycles. The smallest absolute Gasteiger partial charge is 0.198 e. The van der Waals surface area contributed by atoms with Crippen molar-refractivity contribution in [3.63, 3.8) is 0 Å². The molecular formula is C65H61BN2S2. The quantitative estimate of drug-likeness (QED) is 0.173. The molecule has 1 N–H and O–H groups in total. The van der Waals surface area contributed by atoms with Gasteiger partial charge in [-0.1, -0.05) is 152 Å². The molecule has 0 bridgehead atoms. The molecule has 0 unspecified atom stereocenters. The minimum absolute atomic E-state index is 0.0620. The van der Waals surface area contributed by atoms with E-state index in [2.05, 4.69) is 218 Å². The van der Waals surface area contributed by atoms with Gasteiger partial charge in [-0.25, -0.2) is 0 Å². The van der Waals surface area contributed by atoms with Gasteiger partial charge in [-0.3, -0.25) is 0 Å². The molecule has 0 amide bonds. The summed E-state index contributed by atoms with van der Waals surface area (Å²) in [4.78, 5) is 2.67. The maximum absolute atomic E-state index is 4.19. The van der Waals surface area contributed by atoms with E-state index in [0.29, 0.717) is 0 Å². The first-order valence-corrected chi connectivity index (χ1v) is 27.2. The van der Waals surface area contributed by atoms with Crippen LogP contribution in [0.2, 0.25) is 0 Å². The molecule has 13 rings (SSSR count). The lowest BCUT2D eigenvalue weighted by molar-refractivity contribution is 0.332. The van der Waals surface area contributed by atoms with Crippen LogP contribution in [0.1, 0.15) is 109 Å². The molecule has 346 valence electrons. The molecule has 0 spiro atoms. The first-order valence-electron chi connectivity index (χ1n) is 25.5. The van der Waals surface area contributed by atoms with E-state index >= 15 is 0 Å². The lowest BCUT2D eigenvalue weighted by atomic mass is 9.57. The number of nitrogens with zero attached hydrogens (tertiary/aromatic N) is 1. The summed E-state index contributed by atoms with van der Waals surface area (Å²) in [6.07, 6.45) is 4.74. The van der Waals surface area contributed by atoms with Crippen LogP contribution in [0.5, 0.6) is 0 Å². The van der Waals surface area contributed by atoms with Gasteiger partial charge < -0.3 is 10.2 Å². The molecule has 2 nitrogen and oxygen atoms in total. The van der Waals surface area contributed by atoms with Gasteiger partial charge in [0.15, 0.2) is 7.28 Å². The Bertz CT molecular complexity index is 3810. The van der Waals surface area contributed by atoms with Crippen LogP contribution in [0.25, 0.3) is 62.6 Å². The summed E-state index contributed by atoms with van der Waals surface area (Å²) >= 11 is 3.87. The number of rotatable bonds is 5. The highest BCUT2D eigenvalue weighted by molar-refractivity contribution is 7.27. The molecular weight excluding hydrogens is 884 g/mol. The van der Waals surface area contributed by atoms with E-state index in [1.165, 1.54) is 144 Å². The average molecular weight is 945 g/mol. The molecule has 3 heterocycles. The van der Waals surface area contributed by atoms with Gasteiger partial charge in [-0.2, -0.15) is 0 Å². The van der Waals surface area contributed by atoms with E-state index in [1.807, 2.05) is 22.7 Å². The Morgan fingerprint density at radius 1 is 0.471 bits per heavy atom. The first-order chi connectivity index (χ1) is 33.5. The van der Waals surface area contributed by atoms with Crippen molar-refractivity contribution < 1.29 is 0 Å². The Morgan fingerprint density at radius 2 is 1.09 bits per heavy atom. The van der Waals surface area contributed by atoms with Crippen LogP contribution in [-0.2, 0) is 21.7 Å². The van der Waals surface area contributed by atoms with Crippen molar-refractivity contribution in [3.05, 3.63) is 173 Å². The number of anilines is 5. The molecule has 10 aromatic rings. The van der Waals surface area contributed by atoms with Crippen LogP contribution in [0.3, 0.4) is 0 Å². The minimum atomic E-state index is 0.0620. The minimum Gasteiger partial charge on any atom is -0.355 e. The fourth-order valence-electron chi connectivity index (χ4n) is 12.7. The molecule has 5 heteroatoms. The lowest BCUT2D eigenvalue weighted by Crippen LogP contribution is -2.41. The molecule has 0 saturated carbocycles. The summed E-state index contributed by atoms with van der Waals surface area (Å²) in [5.41, 5.74) is 21.6. The van der Waals surface area contributed by atoms with Crippen LogP contribution in [0, 0.1) is 6.92 Å². The zero-order chi connectivity index (χ0) is 48.1. The van der Waals surface area contributed by atoms with Gasteiger partial charge in [0, 0.05) is 74.3 Å². The second kappa shape index (κ2) is 15.4. The molecule has 1 aliphatic heterocycles. The Balaban J connectivity index is 1.12. The number of nitrogens with one attached hydrogen (secondary N) is 1. The molecule has 0 atom stereocenters. The highest BCUT2D eigenvalue weighted by Gasteiger charge is 2.40. The van der Waals surface area contributed by atoms with Gasteiger partial charge in [0.2, 0.25) is 0 Å². The molecule has 8 aromatic carbocycles. The lowest BCUT2D eigenvalue weighted by Gasteiger charge is -2.44. The fraction of sp³-hybridized carbons (Fsp3) is 0.262. The molecule has 0 saturated heterocycles. The number of fused-ring (bicyclic) bond motifs is 10. The van der Waals surface area contributed by atoms with E-state index in [0.717, 1.165) is 18.7 Å². The van der Waals surface area contributed by atoms with Crippen LogP contribution in [0.4, 0.5) is 28.4 Å². The van der Waals surface area contributed by atoms with Crippen molar-refractivity contribution >= 4 is 110 Å². The summed E-state index contributed by atoms with van der Waals surface area (Å²) in [7, 11) is 0.815. The Kier molecular flexibility index (Phi) is 9.67. The van der Waals surface area contributed by atoms with Crippen LogP contribution in [0.15, 0.2) is 146 Å². The van der Waals surface area contributed by atoms with E-state index in [9.17, 15) is 0 Å². The molecule has 70 heavy (non-hydrogen) atoms. The largest absolute Gasteiger partial charge is 0.355 e. The standard InChI is InChI=1S/C65H61BN2S2/c1-38-31-48-50(65(8,9)30-29-63(48,4)5)37-54(38)68-53-26-23-40(39-17-11-10-12-18-39)32-51(53)66-60-55(68)35-45-43-20-14-16-22-57(43)70-61(45)59(60)46-36-58-44(42-19-13-15-21-56(42)69-58)34-52(46)67-41-24-25-47-49(33-41)64(6,7)28-27-62(47,2)3/h10-26,31-37,66-67H,27-30H2,1-9H3. The molecule has 0 fully saturated rings. The third-order valence-electron chi connectivity index (χ3n) is 17.1. The summed E-state index contributed by atoms with van der Waals surface area (Å²) in [5, 5.41) is 9.44. The van der Waals surface area contributed by atoms with E-state index in [-0.39, 0.29) is 21.7 Å². The maximum atomic E-state index is 4.19. The highest BCUT2D eigenvalue weighted by atomic mass is 32.1. The van der Waals surface area contributed by atoms with Crippen LogP contribution < -0.4 is 21.1 Å². The van der Waals surface area contributed by atoms with Gasteiger partial charge in [-0.15, -0.1) is 22.7 Å². The first kappa shape index (κ1) is 43.9. The van der Waals surface area contributed by atoms with E-state index in [1.54, 1.807) is 0 Å². The van der Waals surface area contributed by atoms with E-state index in [4.69, 9.17) is 0 Å². The summed E-state index contributed by atoms with van der Waals surface area (Å²) in [6, 6.07) is 56.3. The van der Waals surface area contributed by atoms with Crippen LogP contribution >= 0.6 is 22.7 Å². The van der Waals surface area contributed by atoms with Crippen molar-refractivity contribution in [3.8, 4) is 22.3 Å². The second-order valence-corrected chi connectivity index (χ2v) is 25.7. The third kappa shape index (κ3) is 6.78. The number of aryl methyl sites for hydroxylation is 1. The third-order valence-corrected chi connectivity index (χ3v) is 19.5. The monoisotopic (exact) mass is 944 g/mol. The Hall–Kier alpha value is -6.14. The average Bonchev–Trinajstić information content (AvgIpc) is 3.90. The topological polar surface area (TPSA) is 15.3 Å². The Labute approximate surface area is 422 Å². The van der Waals surface area contributed by atoms with Gasteiger partial charge in [0.1, 0.15) is 0 Å². The fourth-order valence-corrected chi connectivity index (χ4v) is 15.1. The Morgan fingerprint density at radius 3 is 1.80 bits per heavy atom. The molecule has 3 aliphatic rings. The number of hydrogen-bond acceptors (Lipinski definition) is 4. The van der Waals surface area contributed by atoms with Crippen molar-refractivity contribution in [2.24, 2.45) is 0 Å². The predicted octanol–water partition coefficient (Wildman–Crippen LogP) is 17.7. The number of thiophene rings is 2. The zero-order valence-electron chi connectivity index (χ0n) is 42.2. The SMILES string of the molecule is Cc1cc2c(cc1N1c3ccc(-c4ccccc4)cc3Bc3c1cc1c(sc4ccccc41)c3-c1cc3sc4ccccc4c3cc1Nc1ccc3c(c1)C(C)(C)CCC3(C)C)C(C)(C)CCC2(C)C. The van der Waals surface area contributed by atoms with E-state index < -0.39 is 0 Å². The summed E-state index contributed by atoms with van der Waals surface area (Å²) in [5.74, 6) is 0. The highest BCUT2D eigenvalue weighted by Crippen LogP contribution is 2.53. The molecule has 2 aromatic heterocycles. The van der Waals surface area contributed by atoms with Crippen LogP contribution in [-0.4, -0.2) is 7.28 Å². The van der Waals surface area contributed by atoms with Gasteiger partial charge in [-0.05, 0) is 159 Å². The normalized spacial score (nSPS) is 17.2.